The fourth-order valence-corrected chi connectivity index (χ4v) is 10.4. The van der Waals surface area contributed by atoms with Crippen LogP contribution in [-0.2, 0) is 20.6 Å². The molecular formula is C46H51F4N11O5. The third-order valence-corrected chi connectivity index (χ3v) is 14.1. The number of piperazine rings is 1. The molecule has 2 N–H and O–H groups in total. The van der Waals surface area contributed by atoms with Gasteiger partial charge in [-0.1, -0.05) is 6.07 Å². The number of halogens is 4. The second-order valence-corrected chi connectivity index (χ2v) is 18.3. The molecule has 6 aliphatic heterocycles. The van der Waals surface area contributed by atoms with Crippen molar-refractivity contribution >= 4 is 58.2 Å². The predicted octanol–water partition coefficient (Wildman–Crippen LogP) is 4.80. The number of hydrogen-bond donors (Lipinski definition) is 2. The van der Waals surface area contributed by atoms with E-state index >= 15 is 4.39 Å². The van der Waals surface area contributed by atoms with Crippen LogP contribution in [0.25, 0.3) is 4.85 Å². The van der Waals surface area contributed by atoms with E-state index in [9.17, 15) is 37.1 Å². The minimum Gasteiger partial charge on any atom is -0.372 e. The highest BCUT2D eigenvalue weighted by Gasteiger charge is 2.46. The molecule has 16 nitrogen and oxygen atoms in total. The van der Waals surface area contributed by atoms with E-state index in [1.165, 1.54) is 18.2 Å². The van der Waals surface area contributed by atoms with E-state index < -0.39 is 52.9 Å². The lowest BCUT2D eigenvalue weighted by molar-refractivity contribution is -0.137. The molecule has 20 heteroatoms. The van der Waals surface area contributed by atoms with E-state index in [4.69, 9.17) is 6.57 Å². The summed E-state index contributed by atoms with van der Waals surface area (Å²) in [5.74, 6) is -2.58. The maximum absolute atomic E-state index is 15.5. The number of aromatic nitrogens is 2. The molecule has 0 saturated carbocycles. The van der Waals surface area contributed by atoms with Crippen LogP contribution in [0, 0.1) is 30.1 Å². The fourth-order valence-electron chi connectivity index (χ4n) is 10.4. The van der Waals surface area contributed by atoms with Crippen LogP contribution >= 0.6 is 0 Å². The van der Waals surface area contributed by atoms with E-state index in [2.05, 4.69) is 40.1 Å². The van der Waals surface area contributed by atoms with Crippen LogP contribution < -0.4 is 25.3 Å². The number of alkyl halides is 3. The molecule has 5 amide bonds. The number of carbonyl (C=O) groups excluding carboxylic acids is 5. The van der Waals surface area contributed by atoms with E-state index in [0.29, 0.717) is 56.5 Å². The first kappa shape index (κ1) is 45.0. The van der Waals surface area contributed by atoms with Gasteiger partial charge in [-0.05, 0) is 74.6 Å². The molecule has 0 radical (unpaired) electrons. The maximum atomic E-state index is 15.5. The largest absolute Gasteiger partial charge is 0.407 e. The minimum absolute atomic E-state index is 0.0115. The van der Waals surface area contributed by atoms with Crippen molar-refractivity contribution in [3.05, 3.63) is 76.7 Å². The number of carbonyl (C=O) groups is 5. The summed E-state index contributed by atoms with van der Waals surface area (Å²) >= 11 is 0. The Kier molecular flexibility index (Phi) is 12.7. The van der Waals surface area contributed by atoms with Gasteiger partial charge in [-0.3, -0.25) is 39.5 Å². The number of anilines is 4. The SMILES string of the molecule is [C-]#[N+]c1ccc(N2CCC(C(=O)Nc3ncc(N4CCC(CN5CCN(C[C@H]6CCN(c7cc8c(cc7F)C(=O)N(C7CCC(=O)NC7=O)C8=O)C6)CC5)CC4)cn3)CC2)cc1C(F)(F)F. The molecule has 5 fully saturated rings. The Morgan fingerprint density at radius 2 is 1.35 bits per heavy atom. The lowest BCUT2D eigenvalue weighted by Crippen LogP contribution is -2.54. The van der Waals surface area contributed by atoms with Gasteiger partial charge in [0.25, 0.3) is 11.8 Å². The number of hydrogen-bond acceptors (Lipinski definition) is 12. The van der Waals surface area contributed by atoms with E-state index in [1.54, 1.807) is 17.3 Å². The predicted molar refractivity (Wildman–Crippen MR) is 235 cm³/mol. The molecule has 348 valence electrons. The van der Waals surface area contributed by atoms with Gasteiger partial charge in [0.05, 0.1) is 47.0 Å². The smallest absolute Gasteiger partial charge is 0.372 e. The lowest BCUT2D eigenvalue weighted by Gasteiger charge is -2.39. The van der Waals surface area contributed by atoms with Crippen LogP contribution in [0.3, 0.4) is 0 Å². The van der Waals surface area contributed by atoms with Gasteiger partial charge in [0, 0.05) is 96.6 Å². The Morgan fingerprint density at radius 1 is 0.758 bits per heavy atom. The van der Waals surface area contributed by atoms with Crippen LogP contribution in [0.4, 0.5) is 46.3 Å². The molecule has 0 aliphatic carbocycles. The molecule has 0 bridgehead atoms. The molecule has 6 aliphatic rings. The van der Waals surface area contributed by atoms with Crippen LogP contribution in [-0.4, -0.2) is 139 Å². The molecule has 0 spiro atoms. The standard InChI is InChI=1S/C46H51F4N11O5/c1-51-37-3-2-31(20-35(37)46(48,49)50)58-14-9-30(10-15-58)41(63)55-45-52-23-32(24-53-45)59-11-6-28(7-12-59)25-56-16-18-57(19-17-56)26-29-8-13-60(27-29)39-22-34-33(21-36(39)47)43(65)61(44(34)66)38-4-5-40(62)54-42(38)64/h2-3,20-24,28-30,38H,4-19,25-27H2,(H,54,62,64)(H,52,53,55,63)/t29-,38?/m1/s1. The first-order chi connectivity index (χ1) is 31.7. The molecule has 3 aromatic rings. The zero-order chi connectivity index (χ0) is 46.3. The van der Waals surface area contributed by atoms with E-state index in [1.807, 2.05) is 4.90 Å². The molecule has 2 atom stereocenters. The third-order valence-electron chi connectivity index (χ3n) is 14.1. The average molecular weight is 914 g/mol. The van der Waals surface area contributed by atoms with Crippen molar-refractivity contribution in [3.63, 3.8) is 0 Å². The molecule has 66 heavy (non-hydrogen) atoms. The quantitative estimate of drug-likeness (QED) is 0.163. The molecule has 5 saturated heterocycles. The Hall–Kier alpha value is -6.20. The fraction of sp³-hybridized carbons (Fsp3) is 0.522. The van der Waals surface area contributed by atoms with Crippen molar-refractivity contribution in [3.8, 4) is 0 Å². The summed E-state index contributed by atoms with van der Waals surface area (Å²) in [5.41, 5.74) is 0.165. The minimum atomic E-state index is -4.63. The molecular weight excluding hydrogens is 863 g/mol. The Morgan fingerprint density at radius 3 is 1.98 bits per heavy atom. The Balaban J connectivity index is 0.679. The highest BCUT2D eigenvalue weighted by atomic mass is 19.4. The summed E-state index contributed by atoms with van der Waals surface area (Å²) in [4.78, 5) is 87.4. The lowest BCUT2D eigenvalue weighted by atomic mass is 9.95. The van der Waals surface area contributed by atoms with Crippen LogP contribution in [0.5, 0.6) is 0 Å². The Bertz CT molecular complexity index is 2420. The van der Waals surface area contributed by atoms with Crippen LogP contribution in [0.15, 0.2) is 42.7 Å². The van der Waals surface area contributed by atoms with Crippen molar-refractivity contribution in [1.82, 2.24) is 30.0 Å². The summed E-state index contributed by atoms with van der Waals surface area (Å²) in [6, 6.07) is 5.16. The normalized spacial score (nSPS) is 22.8. The number of rotatable bonds is 10. The second kappa shape index (κ2) is 18.6. The molecule has 1 aromatic heterocycles. The summed E-state index contributed by atoms with van der Waals surface area (Å²) in [6.07, 6.45) is 2.72. The van der Waals surface area contributed by atoms with Gasteiger partial charge in [0.1, 0.15) is 11.9 Å². The number of fused-ring (bicyclic) bond motifs is 1. The number of nitrogens with zero attached hydrogens (tertiary/aromatic N) is 9. The molecule has 2 aromatic carbocycles. The van der Waals surface area contributed by atoms with Gasteiger partial charge in [-0.25, -0.2) is 19.2 Å². The molecule has 7 heterocycles. The van der Waals surface area contributed by atoms with Crippen molar-refractivity contribution in [1.29, 1.82) is 0 Å². The highest BCUT2D eigenvalue weighted by molar-refractivity contribution is 6.23. The zero-order valence-corrected chi connectivity index (χ0v) is 36.4. The topological polar surface area (TPSA) is 159 Å². The third kappa shape index (κ3) is 9.41. The summed E-state index contributed by atoms with van der Waals surface area (Å²) < 4.78 is 56.0. The van der Waals surface area contributed by atoms with Crippen molar-refractivity contribution in [2.45, 2.75) is 57.2 Å². The Labute approximate surface area is 379 Å². The number of piperidine rings is 3. The number of imide groups is 2. The average Bonchev–Trinajstić information content (AvgIpc) is 3.87. The van der Waals surface area contributed by atoms with Gasteiger partial charge in [0.15, 0.2) is 5.69 Å². The maximum Gasteiger partial charge on any atom is 0.407 e. The van der Waals surface area contributed by atoms with Crippen LogP contribution in [0.2, 0.25) is 0 Å². The first-order valence-corrected chi connectivity index (χ1v) is 22.7. The second-order valence-electron chi connectivity index (χ2n) is 18.3. The summed E-state index contributed by atoms with van der Waals surface area (Å²) in [6.45, 7) is 16.6. The first-order valence-electron chi connectivity index (χ1n) is 22.7. The molecule has 1 unspecified atom stereocenters. The van der Waals surface area contributed by atoms with Crippen molar-refractivity contribution in [2.24, 2.45) is 17.8 Å². The highest BCUT2D eigenvalue weighted by Crippen LogP contribution is 2.40. The number of benzene rings is 2. The van der Waals surface area contributed by atoms with Gasteiger partial charge < -0.3 is 24.5 Å². The van der Waals surface area contributed by atoms with Crippen molar-refractivity contribution in [2.75, 3.05) is 98.6 Å². The monoisotopic (exact) mass is 913 g/mol. The van der Waals surface area contributed by atoms with Crippen molar-refractivity contribution < 1.29 is 41.5 Å². The van der Waals surface area contributed by atoms with Gasteiger partial charge >= 0.3 is 6.18 Å². The number of nitrogens with one attached hydrogen (secondary N) is 2. The van der Waals surface area contributed by atoms with Gasteiger partial charge in [0.2, 0.25) is 23.7 Å². The zero-order valence-electron chi connectivity index (χ0n) is 36.4. The molecule has 9 rings (SSSR count). The van der Waals surface area contributed by atoms with E-state index in [0.717, 1.165) is 94.3 Å². The van der Waals surface area contributed by atoms with E-state index in [-0.39, 0.29) is 47.4 Å². The number of amides is 5. The summed E-state index contributed by atoms with van der Waals surface area (Å²) in [7, 11) is 0. The van der Waals surface area contributed by atoms with Gasteiger partial charge in [-0.15, -0.1) is 0 Å². The van der Waals surface area contributed by atoms with Crippen LogP contribution in [0.1, 0.15) is 71.2 Å². The van der Waals surface area contributed by atoms with Gasteiger partial charge in [-0.2, -0.15) is 13.2 Å². The summed E-state index contributed by atoms with van der Waals surface area (Å²) in [5, 5.41) is 4.99.